The van der Waals surface area contributed by atoms with Gasteiger partial charge in [-0.15, -0.1) is 11.8 Å². The maximum Gasteiger partial charge on any atom is 0.272 e. The summed E-state index contributed by atoms with van der Waals surface area (Å²) >= 11 is 1.29. The van der Waals surface area contributed by atoms with Crippen molar-refractivity contribution in [1.82, 2.24) is 0 Å². The topological polar surface area (TPSA) is 37.4 Å². The molecule has 0 atom stereocenters. The Morgan fingerprint density at radius 3 is 2.15 bits per heavy atom. The molecule has 0 fully saturated rings. The maximum atomic E-state index is 13.6. The third kappa shape index (κ3) is 3.29. The molecule has 2 aromatic rings. The number of thioether (sulfide) groups is 1. The summed E-state index contributed by atoms with van der Waals surface area (Å²) in [5.41, 5.74) is 1.96. The van der Waals surface area contributed by atoms with E-state index in [4.69, 9.17) is 0 Å². The van der Waals surface area contributed by atoms with Crippen LogP contribution in [0.5, 0.6) is 0 Å². The Kier molecular flexibility index (Phi) is 4.96. The van der Waals surface area contributed by atoms with E-state index in [2.05, 4.69) is 0 Å². The molecule has 0 bridgehead atoms. The number of nitrogens with zero attached hydrogens (tertiary/aromatic N) is 1. The van der Waals surface area contributed by atoms with Gasteiger partial charge in [0.1, 0.15) is 0 Å². The molecule has 0 aromatic heterocycles. The van der Waals surface area contributed by atoms with Crippen LogP contribution in [0.3, 0.4) is 0 Å². The minimum Gasteiger partial charge on any atom is -0.268 e. The van der Waals surface area contributed by atoms with Crippen LogP contribution in [0.15, 0.2) is 47.4 Å². The lowest BCUT2D eigenvalue weighted by Crippen LogP contribution is -2.31. The number of hydrogen-bond acceptors (Lipinski definition) is 3. The van der Waals surface area contributed by atoms with Crippen LogP contribution in [0.2, 0.25) is 0 Å². The van der Waals surface area contributed by atoms with E-state index in [1.54, 1.807) is 12.1 Å². The number of anilines is 1. The zero-order chi connectivity index (χ0) is 19.0. The van der Waals surface area contributed by atoms with E-state index in [1.165, 1.54) is 17.8 Å². The Morgan fingerprint density at radius 2 is 1.58 bits per heavy atom. The quantitative estimate of drug-likeness (QED) is 0.729. The monoisotopic (exact) mass is 373 g/mol. The molecule has 0 spiro atoms. The smallest absolute Gasteiger partial charge is 0.268 e. The molecule has 0 aliphatic carbocycles. The van der Waals surface area contributed by atoms with Gasteiger partial charge < -0.3 is 0 Å². The van der Waals surface area contributed by atoms with Gasteiger partial charge in [0, 0.05) is 11.3 Å². The van der Waals surface area contributed by atoms with Crippen molar-refractivity contribution in [1.29, 1.82) is 0 Å². The molecule has 134 valence electrons. The van der Waals surface area contributed by atoms with Gasteiger partial charge in [0.15, 0.2) is 11.6 Å². The lowest BCUT2D eigenvalue weighted by atomic mass is 10.0. The molecule has 0 unspecified atom stereocenters. The zero-order valence-corrected chi connectivity index (χ0v) is 15.4. The lowest BCUT2D eigenvalue weighted by molar-refractivity contribution is -0.119. The van der Waals surface area contributed by atoms with Crippen LogP contribution < -0.4 is 4.90 Å². The molecule has 6 heteroatoms. The summed E-state index contributed by atoms with van der Waals surface area (Å²) < 4.78 is 26.8. The molecular formula is C20H17F2NO2S. The van der Waals surface area contributed by atoms with E-state index in [1.807, 2.05) is 32.9 Å². The summed E-state index contributed by atoms with van der Waals surface area (Å²) in [6, 6.07) is 10.3. The standard InChI is InChI=1S/C20H17F2NO2S/c1-11(2)26-18-17(13-6-4-12(3)5-7-13)19(24)23(20(18)25)14-8-9-15(21)16(22)10-14/h4-11H,1-3H3. The first-order valence-corrected chi connectivity index (χ1v) is 8.99. The second-order valence-electron chi connectivity index (χ2n) is 6.28. The Hall–Kier alpha value is -2.47. The fourth-order valence-corrected chi connectivity index (χ4v) is 3.67. The molecule has 1 aliphatic heterocycles. The van der Waals surface area contributed by atoms with Gasteiger partial charge in [-0.2, -0.15) is 0 Å². The molecule has 1 heterocycles. The highest BCUT2D eigenvalue weighted by molar-refractivity contribution is 8.04. The molecule has 3 rings (SSSR count). The highest BCUT2D eigenvalue weighted by Gasteiger charge is 2.40. The molecule has 0 saturated carbocycles. The van der Waals surface area contributed by atoms with Gasteiger partial charge in [0.05, 0.1) is 16.2 Å². The summed E-state index contributed by atoms with van der Waals surface area (Å²) in [5.74, 6) is -3.19. The molecule has 0 radical (unpaired) electrons. The molecular weight excluding hydrogens is 356 g/mol. The number of amides is 2. The number of rotatable bonds is 4. The van der Waals surface area contributed by atoms with Gasteiger partial charge in [0.25, 0.3) is 11.8 Å². The van der Waals surface area contributed by atoms with Crippen LogP contribution >= 0.6 is 11.8 Å². The summed E-state index contributed by atoms with van der Waals surface area (Å²) in [4.78, 5) is 27.1. The number of halogens is 2. The Morgan fingerprint density at radius 1 is 0.923 bits per heavy atom. The van der Waals surface area contributed by atoms with Crippen LogP contribution in [0.1, 0.15) is 25.0 Å². The summed E-state index contributed by atoms with van der Waals surface area (Å²) in [6.45, 7) is 5.77. The molecule has 3 nitrogen and oxygen atoms in total. The number of aryl methyl sites for hydroxylation is 1. The summed E-state index contributed by atoms with van der Waals surface area (Å²) in [6.07, 6.45) is 0. The fraction of sp³-hybridized carbons (Fsp3) is 0.200. The van der Waals surface area contributed by atoms with Gasteiger partial charge in [-0.25, -0.2) is 13.7 Å². The predicted octanol–water partition coefficient (Wildman–Crippen LogP) is 4.70. The molecule has 1 aliphatic rings. The minimum absolute atomic E-state index is 0.0165. The predicted molar refractivity (Wildman–Crippen MR) is 99.7 cm³/mol. The van der Waals surface area contributed by atoms with Crippen LogP contribution in [0.4, 0.5) is 14.5 Å². The molecule has 26 heavy (non-hydrogen) atoms. The van der Waals surface area contributed by atoms with E-state index in [0.29, 0.717) is 16.0 Å². The van der Waals surface area contributed by atoms with Crippen molar-refractivity contribution >= 4 is 34.8 Å². The van der Waals surface area contributed by atoms with Crippen molar-refractivity contribution in [2.45, 2.75) is 26.0 Å². The zero-order valence-electron chi connectivity index (χ0n) is 14.5. The van der Waals surface area contributed by atoms with Crippen LogP contribution in [0.25, 0.3) is 5.57 Å². The first-order chi connectivity index (χ1) is 12.3. The maximum absolute atomic E-state index is 13.6. The van der Waals surface area contributed by atoms with E-state index in [0.717, 1.165) is 22.6 Å². The third-order valence-electron chi connectivity index (χ3n) is 3.90. The average molecular weight is 373 g/mol. The minimum atomic E-state index is -1.11. The first kappa shape index (κ1) is 18.3. The summed E-state index contributed by atoms with van der Waals surface area (Å²) in [7, 11) is 0. The van der Waals surface area contributed by atoms with Gasteiger partial charge in [0.2, 0.25) is 0 Å². The van der Waals surface area contributed by atoms with Crippen molar-refractivity contribution < 1.29 is 18.4 Å². The molecule has 0 saturated heterocycles. The largest absolute Gasteiger partial charge is 0.272 e. The molecule has 2 amide bonds. The first-order valence-electron chi connectivity index (χ1n) is 8.11. The van der Waals surface area contributed by atoms with Crippen LogP contribution in [-0.4, -0.2) is 17.1 Å². The second-order valence-corrected chi connectivity index (χ2v) is 7.87. The van der Waals surface area contributed by atoms with Gasteiger partial charge in [-0.1, -0.05) is 43.7 Å². The molecule has 0 N–H and O–H groups in total. The van der Waals surface area contributed by atoms with Crippen molar-refractivity contribution in [3.05, 3.63) is 70.1 Å². The number of carbonyl (C=O) groups is 2. The van der Waals surface area contributed by atoms with Crippen molar-refractivity contribution in [3.63, 3.8) is 0 Å². The Bertz CT molecular complexity index is 920. The van der Waals surface area contributed by atoms with Gasteiger partial charge in [-0.3, -0.25) is 9.59 Å². The average Bonchev–Trinajstić information content (AvgIpc) is 2.81. The van der Waals surface area contributed by atoms with Crippen molar-refractivity contribution in [3.8, 4) is 0 Å². The van der Waals surface area contributed by atoms with Crippen molar-refractivity contribution in [2.24, 2.45) is 0 Å². The van der Waals surface area contributed by atoms with E-state index in [9.17, 15) is 18.4 Å². The van der Waals surface area contributed by atoms with Crippen LogP contribution in [0, 0.1) is 18.6 Å². The highest BCUT2D eigenvalue weighted by Crippen LogP contribution is 2.40. The van der Waals surface area contributed by atoms with E-state index >= 15 is 0 Å². The van der Waals surface area contributed by atoms with E-state index in [-0.39, 0.29) is 10.9 Å². The lowest BCUT2D eigenvalue weighted by Gasteiger charge is -2.15. The number of hydrogen-bond donors (Lipinski definition) is 0. The Labute approximate surface area is 154 Å². The molecule has 2 aromatic carbocycles. The SMILES string of the molecule is Cc1ccc(C2=C(SC(C)C)C(=O)N(c3ccc(F)c(F)c3)C2=O)cc1. The summed E-state index contributed by atoms with van der Waals surface area (Å²) in [5, 5.41) is 0.0760. The normalized spacial score (nSPS) is 14.8. The number of carbonyl (C=O) groups excluding carboxylic acids is 2. The second kappa shape index (κ2) is 7.03. The van der Waals surface area contributed by atoms with Gasteiger partial charge in [-0.05, 0) is 24.6 Å². The van der Waals surface area contributed by atoms with E-state index < -0.39 is 23.4 Å². The highest BCUT2D eigenvalue weighted by atomic mass is 32.2. The third-order valence-corrected chi connectivity index (χ3v) is 4.98. The fourth-order valence-electron chi connectivity index (χ4n) is 2.69. The van der Waals surface area contributed by atoms with Crippen molar-refractivity contribution in [2.75, 3.05) is 4.90 Å². The number of imide groups is 1. The number of benzene rings is 2. The van der Waals surface area contributed by atoms with Gasteiger partial charge >= 0.3 is 0 Å². The van der Waals surface area contributed by atoms with Crippen LogP contribution in [-0.2, 0) is 9.59 Å². The Balaban J connectivity index is 2.10.